The number of nitrogens with one attached hydrogen (secondary N) is 1. The van der Waals surface area contributed by atoms with Gasteiger partial charge in [-0.15, -0.1) is 0 Å². The standard InChI is InChI=1S/C19H20N2O4/c1-14-6-5-7-15(12-14)13-20-18(23)25-19(24)10-11-21(17(19)22)16-8-3-2-4-9-16/h2-9,12,24H,10-11,13H2,1H3,(H,20,23)/t19-/m0/s1. The first-order chi connectivity index (χ1) is 12.0. The van der Waals surface area contributed by atoms with Crippen LogP contribution >= 0.6 is 0 Å². The summed E-state index contributed by atoms with van der Waals surface area (Å²) in [6, 6.07) is 16.6. The van der Waals surface area contributed by atoms with Crippen molar-refractivity contribution in [2.24, 2.45) is 0 Å². The van der Waals surface area contributed by atoms with E-state index in [1.807, 2.05) is 37.3 Å². The summed E-state index contributed by atoms with van der Waals surface area (Å²) < 4.78 is 5.03. The largest absolute Gasteiger partial charge is 0.410 e. The lowest BCUT2D eigenvalue weighted by molar-refractivity contribution is -0.175. The van der Waals surface area contributed by atoms with Crippen LogP contribution in [0.2, 0.25) is 0 Å². The van der Waals surface area contributed by atoms with E-state index in [0.29, 0.717) is 5.69 Å². The van der Waals surface area contributed by atoms with Crippen LogP contribution in [0.1, 0.15) is 17.5 Å². The minimum atomic E-state index is -2.13. The van der Waals surface area contributed by atoms with E-state index in [-0.39, 0.29) is 19.5 Å². The van der Waals surface area contributed by atoms with Gasteiger partial charge >= 0.3 is 6.09 Å². The summed E-state index contributed by atoms with van der Waals surface area (Å²) >= 11 is 0. The molecule has 6 heteroatoms. The number of amides is 2. The molecule has 0 saturated carbocycles. The average Bonchev–Trinajstić information content (AvgIpc) is 2.89. The van der Waals surface area contributed by atoms with Crippen LogP contribution < -0.4 is 10.2 Å². The predicted molar refractivity (Wildman–Crippen MR) is 92.9 cm³/mol. The lowest BCUT2D eigenvalue weighted by atomic mass is 10.1. The molecule has 2 aromatic rings. The highest BCUT2D eigenvalue weighted by atomic mass is 16.7. The van der Waals surface area contributed by atoms with Crippen LogP contribution in [0, 0.1) is 6.92 Å². The minimum absolute atomic E-state index is 0.0264. The van der Waals surface area contributed by atoms with E-state index >= 15 is 0 Å². The highest BCUT2D eigenvalue weighted by molar-refractivity contribution is 6.01. The first-order valence-corrected chi connectivity index (χ1v) is 8.10. The Morgan fingerprint density at radius 3 is 2.72 bits per heavy atom. The molecule has 0 unspecified atom stereocenters. The number of carbonyl (C=O) groups is 2. The molecular formula is C19H20N2O4. The van der Waals surface area contributed by atoms with Gasteiger partial charge in [0.15, 0.2) is 0 Å². The van der Waals surface area contributed by atoms with Crippen molar-refractivity contribution >= 4 is 17.7 Å². The van der Waals surface area contributed by atoms with Crippen molar-refractivity contribution in [1.29, 1.82) is 0 Å². The number of hydrogen-bond acceptors (Lipinski definition) is 4. The van der Waals surface area contributed by atoms with Crippen molar-refractivity contribution in [1.82, 2.24) is 5.32 Å². The molecule has 1 fully saturated rings. The molecule has 1 aliphatic heterocycles. The molecule has 1 atom stereocenters. The van der Waals surface area contributed by atoms with Crippen LogP contribution in [0.3, 0.4) is 0 Å². The second-order valence-electron chi connectivity index (χ2n) is 6.06. The molecule has 130 valence electrons. The Labute approximate surface area is 146 Å². The zero-order valence-corrected chi connectivity index (χ0v) is 13.9. The Hall–Kier alpha value is -2.86. The zero-order chi connectivity index (χ0) is 17.9. The van der Waals surface area contributed by atoms with Gasteiger partial charge in [0.1, 0.15) is 0 Å². The monoisotopic (exact) mass is 340 g/mol. The molecule has 1 aliphatic rings. The second-order valence-corrected chi connectivity index (χ2v) is 6.06. The molecular weight excluding hydrogens is 320 g/mol. The molecule has 0 bridgehead atoms. The summed E-state index contributed by atoms with van der Waals surface area (Å²) in [4.78, 5) is 25.9. The van der Waals surface area contributed by atoms with Gasteiger partial charge in [0.2, 0.25) is 0 Å². The number of benzene rings is 2. The summed E-state index contributed by atoms with van der Waals surface area (Å²) in [6.07, 6.45) is -0.800. The smallest absolute Gasteiger partial charge is 0.407 e. The maximum Gasteiger partial charge on any atom is 0.410 e. The number of hydrogen-bond donors (Lipinski definition) is 2. The number of rotatable bonds is 4. The van der Waals surface area contributed by atoms with Crippen molar-refractivity contribution in [3.63, 3.8) is 0 Å². The van der Waals surface area contributed by atoms with E-state index in [2.05, 4.69) is 5.32 Å². The van der Waals surface area contributed by atoms with Crippen molar-refractivity contribution in [3.8, 4) is 0 Å². The number of para-hydroxylation sites is 1. The fourth-order valence-electron chi connectivity index (χ4n) is 2.82. The second kappa shape index (κ2) is 6.94. The summed E-state index contributed by atoms with van der Waals surface area (Å²) in [5.74, 6) is -2.77. The highest BCUT2D eigenvalue weighted by Crippen LogP contribution is 2.29. The van der Waals surface area contributed by atoms with E-state index < -0.39 is 17.8 Å². The number of nitrogens with zero attached hydrogens (tertiary/aromatic N) is 1. The summed E-state index contributed by atoms with van der Waals surface area (Å²) in [7, 11) is 0. The number of aryl methyl sites for hydroxylation is 1. The van der Waals surface area contributed by atoms with Gasteiger partial charge in [-0.3, -0.25) is 4.79 Å². The first kappa shape index (κ1) is 17.0. The van der Waals surface area contributed by atoms with Gasteiger partial charge in [-0.05, 0) is 24.6 Å². The molecule has 6 nitrogen and oxygen atoms in total. The van der Waals surface area contributed by atoms with E-state index in [4.69, 9.17) is 4.74 Å². The molecule has 25 heavy (non-hydrogen) atoms. The van der Waals surface area contributed by atoms with Crippen molar-refractivity contribution < 1.29 is 19.4 Å². The number of anilines is 1. The Bertz CT molecular complexity index is 778. The molecule has 1 saturated heterocycles. The highest BCUT2D eigenvalue weighted by Gasteiger charge is 2.49. The first-order valence-electron chi connectivity index (χ1n) is 8.10. The molecule has 0 radical (unpaired) electrons. The van der Waals surface area contributed by atoms with Gasteiger partial charge in [-0.25, -0.2) is 4.79 Å². The van der Waals surface area contributed by atoms with Gasteiger partial charge in [0.25, 0.3) is 11.7 Å². The quantitative estimate of drug-likeness (QED) is 0.838. The third-order valence-electron chi connectivity index (χ3n) is 4.10. The lowest BCUT2D eigenvalue weighted by Gasteiger charge is -2.22. The van der Waals surface area contributed by atoms with E-state index in [1.165, 1.54) is 4.90 Å². The summed E-state index contributed by atoms with van der Waals surface area (Å²) in [5.41, 5.74) is 2.65. The van der Waals surface area contributed by atoms with E-state index in [1.54, 1.807) is 24.3 Å². The maximum absolute atomic E-state index is 12.5. The van der Waals surface area contributed by atoms with Crippen LogP contribution in [0.25, 0.3) is 0 Å². The zero-order valence-electron chi connectivity index (χ0n) is 13.9. The number of ether oxygens (including phenoxy) is 1. The van der Waals surface area contributed by atoms with Gasteiger partial charge in [0, 0.05) is 25.2 Å². The third kappa shape index (κ3) is 3.80. The van der Waals surface area contributed by atoms with E-state index in [0.717, 1.165) is 11.1 Å². The SMILES string of the molecule is Cc1cccc(CNC(=O)O[C@@]2(O)CCN(c3ccccc3)C2=O)c1. The van der Waals surface area contributed by atoms with Crippen molar-refractivity contribution in [2.45, 2.75) is 25.7 Å². The molecule has 1 heterocycles. The molecule has 2 N–H and O–H groups in total. The number of alkyl carbamates (subject to hydrolysis) is 1. The Morgan fingerprint density at radius 1 is 1.24 bits per heavy atom. The average molecular weight is 340 g/mol. The Balaban J connectivity index is 1.60. The molecule has 0 aromatic heterocycles. The van der Waals surface area contributed by atoms with Crippen LogP contribution in [-0.4, -0.2) is 29.4 Å². The Kier molecular flexibility index (Phi) is 4.72. The maximum atomic E-state index is 12.5. The fraction of sp³-hybridized carbons (Fsp3) is 0.263. The number of aliphatic hydroxyl groups is 1. The van der Waals surface area contributed by atoms with Gasteiger partial charge < -0.3 is 20.1 Å². The normalized spacial score (nSPS) is 19.8. The Morgan fingerprint density at radius 2 is 2.00 bits per heavy atom. The summed E-state index contributed by atoms with van der Waals surface area (Å²) in [6.45, 7) is 2.50. The van der Waals surface area contributed by atoms with E-state index in [9.17, 15) is 14.7 Å². The van der Waals surface area contributed by atoms with Crippen LogP contribution in [0.15, 0.2) is 54.6 Å². The molecule has 2 aromatic carbocycles. The van der Waals surface area contributed by atoms with Gasteiger partial charge in [-0.1, -0.05) is 48.0 Å². The molecule has 0 aliphatic carbocycles. The lowest BCUT2D eigenvalue weighted by Crippen LogP contribution is -2.46. The minimum Gasteiger partial charge on any atom is -0.407 e. The van der Waals surface area contributed by atoms with Crippen LogP contribution in [0.4, 0.5) is 10.5 Å². The third-order valence-corrected chi connectivity index (χ3v) is 4.10. The fourth-order valence-corrected chi connectivity index (χ4v) is 2.82. The number of carbonyl (C=O) groups excluding carboxylic acids is 2. The van der Waals surface area contributed by atoms with Crippen LogP contribution in [-0.2, 0) is 16.1 Å². The van der Waals surface area contributed by atoms with Gasteiger partial charge in [0.05, 0.1) is 0 Å². The summed E-state index contributed by atoms with van der Waals surface area (Å²) in [5, 5.41) is 13.0. The van der Waals surface area contributed by atoms with Crippen LogP contribution in [0.5, 0.6) is 0 Å². The molecule has 3 rings (SSSR count). The van der Waals surface area contributed by atoms with Gasteiger partial charge in [-0.2, -0.15) is 0 Å². The van der Waals surface area contributed by atoms with Crippen molar-refractivity contribution in [2.75, 3.05) is 11.4 Å². The molecule has 2 amide bonds. The van der Waals surface area contributed by atoms with Crippen molar-refractivity contribution in [3.05, 3.63) is 65.7 Å². The molecule has 0 spiro atoms. The topological polar surface area (TPSA) is 78.9 Å². The predicted octanol–water partition coefficient (Wildman–Crippen LogP) is 2.35.